The minimum atomic E-state index is -3.11. The number of thiophene rings is 1. The van der Waals surface area contributed by atoms with E-state index in [9.17, 15) is 23.1 Å². The van der Waals surface area contributed by atoms with Crippen LogP contribution in [0.5, 0.6) is 0 Å². The number of amides is 1. The molecule has 2 aliphatic rings. The lowest BCUT2D eigenvalue weighted by molar-refractivity contribution is -0.124. The largest absolute Gasteiger partial charge is 0.477 e. The molecule has 2 heterocycles. The number of sulfone groups is 1. The standard InChI is InChI=1S/C24H29NO5S2/c1-16-7-9-18(10-8-16)23(26)25(19-11-13-32(29,30)14-12-19)20-15-21(31-22(20)24(27)28)17-5-3-2-4-6-17/h2-6,15-16,18-19H,7-14H2,1H3,(H,27,28)/t16-,18-. The number of hydrogen-bond donors (Lipinski definition) is 1. The van der Waals surface area contributed by atoms with Gasteiger partial charge in [0, 0.05) is 16.8 Å². The molecule has 4 rings (SSSR count). The molecular weight excluding hydrogens is 446 g/mol. The number of hydrogen-bond acceptors (Lipinski definition) is 5. The summed E-state index contributed by atoms with van der Waals surface area (Å²) >= 11 is 1.17. The SMILES string of the molecule is C[C@H]1CC[C@H](C(=O)N(c2cc(-c3ccccc3)sc2C(=O)O)C2CCS(=O)(=O)CC2)CC1. The molecule has 1 aromatic heterocycles. The average molecular weight is 476 g/mol. The van der Waals surface area contributed by atoms with E-state index < -0.39 is 15.8 Å². The lowest BCUT2D eigenvalue weighted by Crippen LogP contribution is -2.48. The third-order valence-corrected chi connectivity index (χ3v) is 9.59. The summed E-state index contributed by atoms with van der Waals surface area (Å²) in [5.74, 6) is -0.617. The summed E-state index contributed by atoms with van der Waals surface area (Å²) in [7, 11) is -3.11. The van der Waals surface area contributed by atoms with Gasteiger partial charge in [-0.2, -0.15) is 0 Å². The second-order valence-corrected chi connectivity index (χ2v) is 12.4. The molecule has 0 spiro atoms. The van der Waals surface area contributed by atoms with Crippen LogP contribution in [0.1, 0.15) is 55.1 Å². The fourth-order valence-corrected chi connectivity index (χ4v) is 7.25. The minimum absolute atomic E-state index is 0.0290. The zero-order valence-electron chi connectivity index (χ0n) is 18.2. The van der Waals surface area contributed by atoms with Gasteiger partial charge in [0.05, 0.1) is 17.2 Å². The van der Waals surface area contributed by atoms with E-state index in [4.69, 9.17) is 0 Å². The van der Waals surface area contributed by atoms with E-state index in [1.54, 1.807) is 11.0 Å². The highest BCUT2D eigenvalue weighted by atomic mass is 32.2. The fourth-order valence-electron chi connectivity index (χ4n) is 4.79. The van der Waals surface area contributed by atoms with Crippen molar-refractivity contribution in [2.75, 3.05) is 16.4 Å². The van der Waals surface area contributed by atoms with Crippen LogP contribution in [0.4, 0.5) is 5.69 Å². The van der Waals surface area contributed by atoms with Crippen molar-refractivity contribution < 1.29 is 23.1 Å². The summed E-state index contributed by atoms with van der Waals surface area (Å²) in [6.45, 7) is 2.19. The van der Waals surface area contributed by atoms with Gasteiger partial charge in [0.2, 0.25) is 5.91 Å². The molecule has 1 amide bonds. The molecule has 1 N–H and O–H groups in total. The molecule has 172 valence electrons. The predicted molar refractivity (Wildman–Crippen MR) is 127 cm³/mol. The van der Waals surface area contributed by atoms with E-state index in [1.807, 2.05) is 30.3 Å². The van der Waals surface area contributed by atoms with Gasteiger partial charge in [-0.1, -0.05) is 37.3 Å². The van der Waals surface area contributed by atoms with Gasteiger partial charge in [-0.25, -0.2) is 13.2 Å². The Morgan fingerprint density at radius 2 is 1.62 bits per heavy atom. The molecule has 1 aromatic carbocycles. The Balaban J connectivity index is 1.74. The number of anilines is 1. The molecular formula is C24H29NO5S2. The van der Waals surface area contributed by atoms with Crippen LogP contribution < -0.4 is 4.90 Å². The molecule has 1 aliphatic carbocycles. The molecule has 1 aliphatic heterocycles. The van der Waals surface area contributed by atoms with Crippen molar-refractivity contribution in [2.45, 2.75) is 51.5 Å². The number of carbonyl (C=O) groups is 2. The number of benzene rings is 1. The predicted octanol–water partition coefficient (Wildman–Crippen LogP) is 4.85. The van der Waals surface area contributed by atoms with Gasteiger partial charge in [-0.15, -0.1) is 11.3 Å². The molecule has 8 heteroatoms. The first kappa shape index (κ1) is 23.0. The van der Waals surface area contributed by atoms with Crippen LogP contribution in [0.15, 0.2) is 36.4 Å². The Morgan fingerprint density at radius 1 is 1.00 bits per heavy atom. The first-order valence-corrected chi connectivity index (χ1v) is 13.8. The van der Waals surface area contributed by atoms with Gasteiger partial charge in [0.15, 0.2) is 0 Å². The van der Waals surface area contributed by atoms with Crippen molar-refractivity contribution in [3.63, 3.8) is 0 Å². The zero-order chi connectivity index (χ0) is 22.9. The molecule has 2 aromatic rings. The van der Waals surface area contributed by atoms with Crippen molar-refractivity contribution in [1.29, 1.82) is 0 Å². The second-order valence-electron chi connectivity index (χ2n) is 9.04. The van der Waals surface area contributed by atoms with Gasteiger partial charge in [0.1, 0.15) is 14.7 Å². The molecule has 0 bridgehead atoms. The maximum absolute atomic E-state index is 13.8. The quantitative estimate of drug-likeness (QED) is 0.667. The number of carboxylic acid groups (broad SMARTS) is 1. The van der Waals surface area contributed by atoms with Gasteiger partial charge in [0.25, 0.3) is 0 Å². The molecule has 0 unspecified atom stereocenters. The van der Waals surface area contributed by atoms with Crippen molar-refractivity contribution in [3.8, 4) is 10.4 Å². The first-order chi connectivity index (χ1) is 15.2. The highest BCUT2D eigenvalue weighted by Crippen LogP contribution is 2.41. The molecule has 6 nitrogen and oxygen atoms in total. The van der Waals surface area contributed by atoms with Crippen LogP contribution >= 0.6 is 11.3 Å². The summed E-state index contributed by atoms with van der Waals surface area (Å²) < 4.78 is 24.1. The zero-order valence-corrected chi connectivity index (χ0v) is 19.8. The maximum atomic E-state index is 13.8. The smallest absolute Gasteiger partial charge is 0.348 e. The Labute approximate surface area is 193 Å². The Kier molecular flexibility index (Phi) is 6.72. The Morgan fingerprint density at radius 3 is 2.22 bits per heavy atom. The number of carboxylic acids is 1. The molecule has 1 saturated heterocycles. The van der Waals surface area contributed by atoms with Crippen molar-refractivity contribution >= 4 is 38.7 Å². The van der Waals surface area contributed by atoms with E-state index in [0.29, 0.717) is 24.4 Å². The molecule has 1 saturated carbocycles. The Bertz CT molecular complexity index is 1070. The van der Waals surface area contributed by atoms with Crippen LogP contribution in [-0.2, 0) is 14.6 Å². The molecule has 0 atom stereocenters. The Hall–Kier alpha value is -2.19. The number of rotatable bonds is 5. The third kappa shape index (κ3) is 4.91. The molecule has 32 heavy (non-hydrogen) atoms. The van der Waals surface area contributed by atoms with E-state index in [0.717, 1.165) is 36.1 Å². The van der Waals surface area contributed by atoms with Gasteiger partial charge in [-0.05, 0) is 56.1 Å². The fraction of sp³-hybridized carbons (Fsp3) is 0.500. The van der Waals surface area contributed by atoms with Gasteiger partial charge >= 0.3 is 5.97 Å². The lowest BCUT2D eigenvalue weighted by Gasteiger charge is -2.37. The lowest BCUT2D eigenvalue weighted by atomic mass is 9.82. The number of aromatic carboxylic acids is 1. The van der Waals surface area contributed by atoms with Crippen molar-refractivity contribution in [3.05, 3.63) is 41.3 Å². The van der Waals surface area contributed by atoms with Crippen molar-refractivity contribution in [2.24, 2.45) is 11.8 Å². The summed E-state index contributed by atoms with van der Waals surface area (Å²) in [6, 6.07) is 11.0. The molecule has 0 radical (unpaired) electrons. The summed E-state index contributed by atoms with van der Waals surface area (Å²) in [6.07, 6.45) is 4.22. The number of carbonyl (C=O) groups excluding carboxylic acids is 1. The van der Waals surface area contributed by atoms with E-state index in [2.05, 4.69) is 6.92 Å². The third-order valence-electron chi connectivity index (χ3n) is 6.72. The maximum Gasteiger partial charge on any atom is 0.348 e. The second kappa shape index (κ2) is 9.35. The minimum Gasteiger partial charge on any atom is -0.477 e. The van der Waals surface area contributed by atoms with Crippen LogP contribution in [-0.4, -0.2) is 42.9 Å². The van der Waals surface area contributed by atoms with Crippen LogP contribution in [0.25, 0.3) is 10.4 Å². The van der Waals surface area contributed by atoms with E-state index in [1.165, 1.54) is 11.3 Å². The topological polar surface area (TPSA) is 91.8 Å². The van der Waals surface area contributed by atoms with Crippen LogP contribution in [0.3, 0.4) is 0 Å². The highest BCUT2D eigenvalue weighted by Gasteiger charge is 2.38. The first-order valence-electron chi connectivity index (χ1n) is 11.2. The summed E-state index contributed by atoms with van der Waals surface area (Å²) in [5.41, 5.74) is 1.31. The van der Waals surface area contributed by atoms with E-state index >= 15 is 0 Å². The van der Waals surface area contributed by atoms with Crippen LogP contribution in [0, 0.1) is 11.8 Å². The normalized spacial score (nSPS) is 23.5. The van der Waals surface area contributed by atoms with Crippen molar-refractivity contribution in [1.82, 2.24) is 0 Å². The van der Waals surface area contributed by atoms with Gasteiger partial charge in [-0.3, -0.25) is 4.79 Å². The van der Waals surface area contributed by atoms with Crippen LogP contribution in [0.2, 0.25) is 0 Å². The highest BCUT2D eigenvalue weighted by molar-refractivity contribution is 7.91. The average Bonchev–Trinajstić information content (AvgIpc) is 3.21. The summed E-state index contributed by atoms with van der Waals surface area (Å²) in [5, 5.41) is 9.96. The number of nitrogens with zero attached hydrogens (tertiary/aromatic N) is 1. The molecule has 2 fully saturated rings. The summed E-state index contributed by atoms with van der Waals surface area (Å²) in [4.78, 5) is 28.5. The van der Waals surface area contributed by atoms with E-state index in [-0.39, 0.29) is 34.2 Å². The van der Waals surface area contributed by atoms with Gasteiger partial charge < -0.3 is 10.0 Å². The monoisotopic (exact) mass is 475 g/mol.